The van der Waals surface area contributed by atoms with Crippen LogP contribution in [0.2, 0.25) is 0 Å². The van der Waals surface area contributed by atoms with Gasteiger partial charge >= 0.3 is 91.1 Å². The van der Waals surface area contributed by atoms with Gasteiger partial charge in [0.25, 0.3) is 20.3 Å². The topological polar surface area (TPSA) is 855 Å². The third-order valence-corrected chi connectivity index (χ3v) is 37.3. The molecule has 612 valence electrons. The second-order valence-corrected chi connectivity index (χ2v) is 47.4. The number of fused-ring (bicyclic) bond motifs is 1. The van der Waals surface area contributed by atoms with Crippen LogP contribution in [0.5, 0.6) is 0 Å². The van der Waals surface area contributed by atoms with Crippen LogP contribution < -0.4 is 16.4 Å². The lowest BCUT2D eigenvalue weighted by molar-refractivity contribution is 0.112. The maximum absolute atomic E-state index is 11.3. The molecule has 5 rings (SSSR count). The van der Waals surface area contributed by atoms with E-state index in [1.807, 2.05) is 6.92 Å². The highest BCUT2D eigenvalue weighted by molar-refractivity contribution is 7.74. The molecule has 3 heterocycles. The van der Waals surface area contributed by atoms with Crippen LogP contribution in [0.4, 0.5) is 0 Å². The number of hydrogen-bond donors (Lipinski definition) is 31. The fourth-order valence-electron chi connectivity index (χ4n) is 9.36. The maximum atomic E-state index is 11.3. The number of hydrogen-bond acceptors (Lipinski definition) is 22. The molecule has 0 atom stereocenters. The summed E-state index contributed by atoms with van der Waals surface area (Å²) in [5, 5.41) is 29.5. The van der Waals surface area contributed by atoms with Crippen LogP contribution in [0.1, 0.15) is 134 Å². The average molecular weight is 1750 g/mol. The van der Waals surface area contributed by atoms with Gasteiger partial charge < -0.3 is 153 Å². The summed E-state index contributed by atoms with van der Waals surface area (Å²) < 4.78 is 134. The molecule has 0 saturated heterocycles. The first-order valence-corrected chi connectivity index (χ1v) is 50.0. The van der Waals surface area contributed by atoms with Gasteiger partial charge in [-0.2, -0.15) is 0 Å². The first kappa shape index (κ1) is 103. The molecular weight excluding hydrogens is 1650 g/mol. The van der Waals surface area contributed by atoms with E-state index in [2.05, 4.69) is 20.6 Å². The van der Waals surface area contributed by atoms with Gasteiger partial charge in [-0.3, -0.25) is 70.4 Å². The molecule has 0 spiro atoms. The number of pyridine rings is 2. The van der Waals surface area contributed by atoms with E-state index >= 15 is 0 Å². The van der Waals surface area contributed by atoms with Gasteiger partial charge in [-0.15, -0.1) is 0 Å². The van der Waals surface area contributed by atoms with E-state index in [1.165, 1.54) is 35.1 Å². The Labute approximate surface area is 594 Å². The number of aromatic nitrogens is 3. The second kappa shape index (κ2) is 41.9. The van der Waals surface area contributed by atoms with Gasteiger partial charge in [-0.25, -0.2) is 4.98 Å². The van der Waals surface area contributed by atoms with Crippen molar-refractivity contribution >= 4 is 96.8 Å². The SMILES string of the molecule is CCCCCN(C)CCC(O)(P(=O)(O)O)P(=O)(O)O.NCCC(O)(P(=O)(O)O)P(=O)(O)O.O=P(O)(O)C(NC1CCCCCC1)P(=O)(O)O.O=P(O)(O)C(NC1CCCCCCC1)P(=O)(O)O.O=P(O)(O)C(O)(Cc1cccnc1)P(=O)(O)O.O=P(O)(O)C(O)(Cc1cnc2ccccn12)P(=O)(O)O. The van der Waals surface area contributed by atoms with Gasteiger partial charge in [0.1, 0.15) is 5.65 Å². The van der Waals surface area contributed by atoms with Gasteiger partial charge in [0, 0.05) is 74.8 Å². The molecule has 2 aliphatic carbocycles. The first-order valence-electron chi connectivity index (χ1n) is 30.3. The number of aliphatic hydroxyl groups is 4. The fraction of sp³-hybridized carbons (Fsp3) is 0.733. The van der Waals surface area contributed by atoms with E-state index in [1.54, 1.807) is 30.1 Å². The molecule has 2 fully saturated rings. The largest absolute Gasteiger partial charge is 0.369 e. The monoisotopic (exact) mass is 1750 g/mol. The summed E-state index contributed by atoms with van der Waals surface area (Å²) in [5.74, 6) is 0. The molecular formula is C45H97N7O40P12. The summed E-state index contributed by atoms with van der Waals surface area (Å²) in [4.78, 5) is 223. The summed E-state index contributed by atoms with van der Waals surface area (Å²) in [5.41, 5.74) is 1.30. The summed E-state index contributed by atoms with van der Waals surface area (Å²) in [6.45, 7) is 2.19. The Morgan fingerprint density at radius 2 is 0.808 bits per heavy atom. The highest BCUT2D eigenvalue weighted by Crippen LogP contribution is 2.72. The Morgan fingerprint density at radius 1 is 0.462 bits per heavy atom. The van der Waals surface area contributed by atoms with E-state index in [4.69, 9.17) is 128 Å². The zero-order chi connectivity index (χ0) is 81.7. The lowest BCUT2D eigenvalue weighted by Gasteiger charge is -2.30. The molecule has 3 aromatic heterocycles. The molecule has 2 saturated carbocycles. The standard InChI is InChI=1S/C9H12N2O7P2.C9H23NO7P2.C9H21NO6P2.C8H19NO6P2.C7H11NO7P2.C3H11NO7P2/c12-9(19(13,14)15,20(16,17)18)5-7-6-10-8-3-1-2-4-11(7)8;1-3-4-5-7-10(2)8-6-9(11,18(12,13)14)19(15,16)17;11-17(12,13)9(18(14,15)16)10-8-6-4-2-1-3-5-7-8;10-16(11,12)8(17(13,14)15)9-7-5-3-1-2-4-6-7;9-7(16(10,11)12,17(13,14)15)4-6-2-1-3-8-5-6;4-2-1-3(5,12(6,7)8)13(9,10)11/h1-4,6,12H,5H2,(H2,13,14,15)(H2,16,17,18);11H,3-8H2,1-2H3,(H2,12,13,14)(H2,15,16,17);8-10H,1-7H2,(H2,11,12,13)(H2,14,15,16);7-9H,1-6H2,(H2,10,11,12)(H2,13,14,15);1-3,5,9H,4H2,(H2,10,11,12)(H2,13,14,15);5H,1-2,4H2,(H2,6,7,8)(H2,9,10,11). The van der Waals surface area contributed by atoms with Crippen LogP contribution in [-0.4, -0.2) is 227 Å². The van der Waals surface area contributed by atoms with Gasteiger partial charge in [-0.05, 0) is 76.0 Å². The molecule has 2 aliphatic rings. The van der Waals surface area contributed by atoms with Crippen LogP contribution in [0, 0.1) is 0 Å². The minimum atomic E-state index is -5.48. The van der Waals surface area contributed by atoms with E-state index < -0.39 is 155 Å². The molecule has 47 nitrogen and oxygen atoms in total. The number of rotatable bonds is 29. The van der Waals surface area contributed by atoms with Crippen LogP contribution in [0.15, 0.2) is 55.1 Å². The predicted molar refractivity (Wildman–Crippen MR) is 368 cm³/mol. The van der Waals surface area contributed by atoms with Crippen molar-refractivity contribution < 1.29 is 193 Å². The van der Waals surface area contributed by atoms with Gasteiger partial charge in [0.05, 0.1) is 0 Å². The Hall–Kier alpha value is -0.680. The molecule has 0 unspecified atom stereocenters. The predicted octanol–water partition coefficient (Wildman–Crippen LogP) is 0.606. The summed E-state index contributed by atoms with van der Waals surface area (Å²) in [6.07, 6.45) is 16.4. The Balaban J connectivity index is 0.00000123. The molecule has 0 bridgehead atoms. The second-order valence-electron chi connectivity index (χ2n) is 23.8. The van der Waals surface area contributed by atoms with Crippen molar-refractivity contribution in [1.29, 1.82) is 0 Å². The summed E-state index contributed by atoms with van der Waals surface area (Å²) >= 11 is 0. The fourth-order valence-corrected chi connectivity index (χ4v) is 22.7. The molecule has 104 heavy (non-hydrogen) atoms. The van der Waals surface area contributed by atoms with Gasteiger partial charge in [-0.1, -0.05) is 89.7 Å². The van der Waals surface area contributed by atoms with E-state index in [0.29, 0.717) is 37.9 Å². The number of imidazole rings is 1. The molecule has 3 aromatic rings. The van der Waals surface area contributed by atoms with E-state index in [-0.39, 0.29) is 29.9 Å². The third kappa shape index (κ3) is 33.2. The van der Waals surface area contributed by atoms with Crippen molar-refractivity contribution in [3.05, 3.63) is 66.4 Å². The summed E-state index contributed by atoms with van der Waals surface area (Å²) in [6, 6.07) is 7.14. The molecule has 0 radical (unpaired) electrons. The minimum Gasteiger partial charge on any atom is -0.367 e. The molecule has 59 heteroatoms. The van der Waals surface area contributed by atoms with Crippen molar-refractivity contribution in [2.45, 2.75) is 179 Å². The Kier molecular flexibility index (Phi) is 41.6. The van der Waals surface area contributed by atoms with Crippen LogP contribution in [0.3, 0.4) is 0 Å². The summed E-state index contributed by atoms with van der Waals surface area (Å²) in [7, 11) is -60.8. The van der Waals surface area contributed by atoms with E-state index in [9.17, 15) is 70.1 Å². The minimum absolute atomic E-state index is 0.0174. The lowest BCUT2D eigenvalue weighted by Crippen LogP contribution is -2.38. The highest BCUT2D eigenvalue weighted by atomic mass is 31.3. The highest BCUT2D eigenvalue weighted by Gasteiger charge is 2.62. The number of unbranched alkanes of at least 4 members (excludes halogenated alkanes) is 2. The quantitative estimate of drug-likeness (QED) is 0.0257. The Bertz CT molecular complexity index is 3590. The maximum Gasteiger partial charge on any atom is 0.369 e. The third-order valence-electron chi connectivity index (χ3n) is 15.3. The zero-order valence-electron chi connectivity index (χ0n) is 55.4. The number of nitrogens with zero attached hydrogens (tertiary/aromatic N) is 4. The zero-order valence-corrected chi connectivity index (χ0v) is 66.2. The molecule has 0 aliphatic heterocycles. The van der Waals surface area contributed by atoms with Gasteiger partial charge in [0.15, 0.2) is 0 Å². The lowest BCUT2D eigenvalue weighted by atomic mass is 9.97. The normalized spacial score (nSPS) is 16.2. The van der Waals surface area contributed by atoms with Crippen molar-refractivity contribution in [3.63, 3.8) is 0 Å². The van der Waals surface area contributed by atoms with Crippen LogP contribution >= 0.6 is 91.1 Å². The van der Waals surface area contributed by atoms with Crippen molar-refractivity contribution in [2.75, 3.05) is 26.7 Å². The number of nitrogens with one attached hydrogen (secondary N) is 2. The molecule has 0 amide bonds. The van der Waals surface area contributed by atoms with Crippen LogP contribution in [-0.2, 0) is 67.6 Å². The van der Waals surface area contributed by atoms with E-state index in [0.717, 1.165) is 83.2 Å². The van der Waals surface area contributed by atoms with Crippen LogP contribution in [0.25, 0.3) is 5.65 Å². The average Bonchev–Trinajstić information content (AvgIpc) is 1.23. The molecule has 32 N–H and O–H groups in total. The first-order chi connectivity index (χ1) is 46.6. The smallest absolute Gasteiger partial charge is 0.367 e. The van der Waals surface area contributed by atoms with Gasteiger partial charge in [0.2, 0.25) is 11.0 Å². The Morgan fingerprint density at radius 3 is 1.12 bits per heavy atom. The van der Waals surface area contributed by atoms with Crippen molar-refractivity contribution in [1.82, 2.24) is 29.9 Å². The number of nitrogens with two attached hydrogens (primary N) is 1. The molecule has 0 aromatic carbocycles. The van der Waals surface area contributed by atoms with Crippen molar-refractivity contribution in [3.8, 4) is 0 Å². The van der Waals surface area contributed by atoms with Crippen molar-refractivity contribution in [2.24, 2.45) is 5.73 Å².